The Bertz CT molecular complexity index is 1080. The van der Waals surface area contributed by atoms with Crippen molar-refractivity contribution >= 4 is 40.9 Å². The van der Waals surface area contributed by atoms with Gasteiger partial charge in [0.2, 0.25) is 5.91 Å². The van der Waals surface area contributed by atoms with Crippen LogP contribution in [0.3, 0.4) is 0 Å². The van der Waals surface area contributed by atoms with Gasteiger partial charge in [-0.2, -0.15) is 0 Å². The van der Waals surface area contributed by atoms with Gasteiger partial charge in [0, 0.05) is 36.5 Å². The monoisotopic (exact) mass is 525 g/mol. The molecule has 200 valence electrons. The average molecular weight is 526 g/mol. The maximum atomic E-state index is 13.5. The lowest BCUT2D eigenvalue weighted by atomic mass is 10.1. The Balaban J connectivity index is 1.54. The third-order valence-corrected chi connectivity index (χ3v) is 7.13. The van der Waals surface area contributed by atoms with Crippen molar-refractivity contribution in [2.75, 3.05) is 26.2 Å². The van der Waals surface area contributed by atoms with Crippen LogP contribution in [-0.2, 0) is 22.6 Å². The van der Waals surface area contributed by atoms with Crippen molar-refractivity contribution < 1.29 is 14.3 Å². The molecule has 1 aromatic heterocycles. The van der Waals surface area contributed by atoms with Crippen LogP contribution in [0.2, 0.25) is 0 Å². The fourth-order valence-corrected chi connectivity index (χ4v) is 5.25. The summed E-state index contributed by atoms with van der Waals surface area (Å²) in [5.74, 6) is 0.419. The number of unbranched alkanes of at least 4 members (excludes halogenated alkanes) is 2. The predicted octanol–water partition coefficient (Wildman–Crippen LogP) is 4.75. The van der Waals surface area contributed by atoms with E-state index < -0.39 is 6.09 Å². The zero-order valence-corrected chi connectivity index (χ0v) is 22.5. The zero-order chi connectivity index (χ0) is 26.5. The summed E-state index contributed by atoms with van der Waals surface area (Å²) >= 11 is 1.68. The van der Waals surface area contributed by atoms with E-state index in [1.165, 1.54) is 4.88 Å². The van der Waals surface area contributed by atoms with Crippen LogP contribution in [-0.4, -0.2) is 48.9 Å². The summed E-state index contributed by atoms with van der Waals surface area (Å²) in [6.07, 6.45) is 7.50. The van der Waals surface area contributed by atoms with E-state index in [0.717, 1.165) is 54.8 Å². The standard InChI is InChI=1S/C28H39N5O3S/c1-2-15-33(16-9-14-31-28(35)36-20-21-10-5-3-6-11-21)27(34)22-17-25-24(32-26(30)18-22)19-23(37-25)12-7-4-8-13-29/h3,5-6,10-11,17,19H,2,4,7-9,12-16,18,20,29H2,1H3,(H2,30,32)(H,31,35). The topological polar surface area (TPSA) is 123 Å². The lowest BCUT2D eigenvalue weighted by Crippen LogP contribution is -2.36. The van der Waals surface area contributed by atoms with E-state index in [1.807, 2.05) is 48.2 Å². The first-order chi connectivity index (χ1) is 18.0. The molecule has 0 radical (unpaired) electrons. The number of nitrogens with one attached hydrogen (secondary N) is 1. The molecule has 3 rings (SSSR count). The quantitative estimate of drug-likeness (QED) is 0.307. The Morgan fingerprint density at radius 2 is 1.95 bits per heavy atom. The predicted molar refractivity (Wildman–Crippen MR) is 151 cm³/mol. The van der Waals surface area contributed by atoms with Crippen molar-refractivity contribution in [1.82, 2.24) is 10.2 Å². The average Bonchev–Trinajstić information content (AvgIpc) is 3.19. The SMILES string of the molecule is CCCN(CCCNC(=O)OCc1ccccc1)C(=O)C1=Cc2sc(CCCCCN)cc2N=C(N)C1. The summed E-state index contributed by atoms with van der Waals surface area (Å²) in [6.45, 7) is 4.58. The Hall–Kier alpha value is -3.17. The number of thiophene rings is 1. The fraction of sp³-hybridized carbons (Fsp3) is 0.464. The van der Waals surface area contributed by atoms with Crippen molar-refractivity contribution in [2.45, 2.75) is 58.5 Å². The van der Waals surface area contributed by atoms with E-state index >= 15 is 0 Å². The zero-order valence-electron chi connectivity index (χ0n) is 21.7. The molecule has 5 N–H and O–H groups in total. The number of carbonyl (C=O) groups excluding carboxylic acids is 2. The molecule has 8 nitrogen and oxygen atoms in total. The summed E-state index contributed by atoms with van der Waals surface area (Å²) in [4.78, 5) is 34.1. The largest absolute Gasteiger partial charge is 0.445 e. The minimum Gasteiger partial charge on any atom is -0.445 e. The molecule has 0 saturated carbocycles. The van der Waals surface area contributed by atoms with Crippen LogP contribution in [0.5, 0.6) is 0 Å². The van der Waals surface area contributed by atoms with Crippen molar-refractivity contribution in [2.24, 2.45) is 16.5 Å². The first-order valence-electron chi connectivity index (χ1n) is 13.1. The highest BCUT2D eigenvalue weighted by Gasteiger charge is 2.22. The first kappa shape index (κ1) is 28.4. The number of amidine groups is 1. The smallest absolute Gasteiger partial charge is 0.407 e. The second-order valence-corrected chi connectivity index (χ2v) is 10.3. The summed E-state index contributed by atoms with van der Waals surface area (Å²) in [7, 11) is 0. The highest BCUT2D eigenvalue weighted by Crippen LogP contribution is 2.35. The highest BCUT2D eigenvalue weighted by molar-refractivity contribution is 7.13. The van der Waals surface area contributed by atoms with Crippen LogP contribution >= 0.6 is 11.3 Å². The second kappa shape index (κ2) is 15.2. The maximum Gasteiger partial charge on any atom is 0.407 e. The van der Waals surface area contributed by atoms with Crippen LogP contribution in [0.1, 0.15) is 60.8 Å². The molecule has 0 unspecified atom stereocenters. The second-order valence-electron chi connectivity index (χ2n) is 9.15. The van der Waals surface area contributed by atoms with E-state index in [1.54, 1.807) is 11.3 Å². The van der Waals surface area contributed by atoms with Gasteiger partial charge in [0.1, 0.15) is 12.4 Å². The number of nitrogens with zero attached hydrogens (tertiary/aromatic N) is 2. The summed E-state index contributed by atoms with van der Waals surface area (Å²) in [5.41, 5.74) is 14.2. The molecule has 0 fully saturated rings. The first-order valence-corrected chi connectivity index (χ1v) is 13.9. The van der Waals surface area contributed by atoms with Crippen molar-refractivity contribution in [3.63, 3.8) is 0 Å². The van der Waals surface area contributed by atoms with Gasteiger partial charge in [-0.15, -0.1) is 11.3 Å². The molecule has 0 spiro atoms. The normalized spacial score (nSPS) is 12.7. The molecule has 1 aliphatic heterocycles. The van der Waals surface area contributed by atoms with Gasteiger partial charge in [-0.3, -0.25) is 4.79 Å². The molecular weight excluding hydrogens is 486 g/mol. The van der Waals surface area contributed by atoms with Crippen LogP contribution < -0.4 is 16.8 Å². The summed E-state index contributed by atoms with van der Waals surface area (Å²) in [6, 6.07) is 11.6. The van der Waals surface area contributed by atoms with Crippen LogP contribution in [0.15, 0.2) is 47.0 Å². The summed E-state index contributed by atoms with van der Waals surface area (Å²) in [5, 5.41) is 2.77. The van der Waals surface area contributed by atoms with Gasteiger partial charge in [0.25, 0.3) is 0 Å². The number of ether oxygens (including phenoxy) is 1. The van der Waals surface area contributed by atoms with Gasteiger partial charge >= 0.3 is 6.09 Å². The number of aryl methyl sites for hydroxylation is 1. The minimum absolute atomic E-state index is 0.0302. The number of nitrogens with two attached hydrogens (primary N) is 2. The van der Waals surface area contributed by atoms with E-state index in [2.05, 4.69) is 16.4 Å². The van der Waals surface area contributed by atoms with Gasteiger partial charge in [-0.1, -0.05) is 43.7 Å². The Kier molecular flexibility index (Phi) is 11.6. The van der Waals surface area contributed by atoms with E-state index in [9.17, 15) is 9.59 Å². The lowest BCUT2D eigenvalue weighted by molar-refractivity contribution is -0.127. The highest BCUT2D eigenvalue weighted by atomic mass is 32.1. The third kappa shape index (κ3) is 9.33. The lowest BCUT2D eigenvalue weighted by Gasteiger charge is -2.23. The van der Waals surface area contributed by atoms with Gasteiger partial charge in [0.15, 0.2) is 0 Å². The number of fused-ring (bicyclic) bond motifs is 1. The Labute approximate surface area is 223 Å². The molecule has 37 heavy (non-hydrogen) atoms. The molecule has 0 saturated heterocycles. The minimum atomic E-state index is -0.461. The van der Waals surface area contributed by atoms with Gasteiger partial charge in [-0.05, 0) is 56.4 Å². The molecule has 0 aliphatic carbocycles. The molecule has 1 aromatic carbocycles. The number of alkyl carbamates (subject to hydrolysis) is 1. The van der Waals surface area contributed by atoms with Crippen molar-refractivity contribution in [1.29, 1.82) is 0 Å². The van der Waals surface area contributed by atoms with E-state index in [-0.39, 0.29) is 12.5 Å². The number of rotatable bonds is 14. The number of benzene rings is 1. The van der Waals surface area contributed by atoms with Crippen LogP contribution in [0.25, 0.3) is 6.08 Å². The third-order valence-electron chi connectivity index (χ3n) is 6.00. The van der Waals surface area contributed by atoms with E-state index in [4.69, 9.17) is 16.2 Å². The Morgan fingerprint density at radius 1 is 1.14 bits per heavy atom. The van der Waals surface area contributed by atoms with Crippen molar-refractivity contribution in [3.05, 3.63) is 57.3 Å². The molecule has 2 aromatic rings. The molecule has 0 atom stereocenters. The molecular formula is C28H39N5O3S. The molecule has 2 amide bonds. The van der Waals surface area contributed by atoms with Gasteiger partial charge < -0.3 is 26.4 Å². The molecule has 0 bridgehead atoms. The van der Waals surface area contributed by atoms with Crippen molar-refractivity contribution in [3.8, 4) is 0 Å². The molecule has 2 heterocycles. The van der Waals surface area contributed by atoms with Crippen LogP contribution in [0, 0.1) is 0 Å². The maximum absolute atomic E-state index is 13.5. The number of carbonyl (C=O) groups is 2. The van der Waals surface area contributed by atoms with Crippen LogP contribution in [0.4, 0.5) is 10.5 Å². The molecule has 1 aliphatic rings. The fourth-order valence-electron chi connectivity index (χ4n) is 4.14. The summed E-state index contributed by atoms with van der Waals surface area (Å²) < 4.78 is 5.25. The number of amides is 2. The van der Waals surface area contributed by atoms with E-state index in [0.29, 0.717) is 43.9 Å². The number of hydrogen-bond acceptors (Lipinski definition) is 7. The molecule has 9 heteroatoms. The van der Waals surface area contributed by atoms with Gasteiger partial charge in [-0.25, -0.2) is 9.79 Å². The van der Waals surface area contributed by atoms with Gasteiger partial charge in [0.05, 0.1) is 10.6 Å². The number of hydrogen-bond donors (Lipinski definition) is 3. The number of aliphatic imine (C=N–C) groups is 1. The Morgan fingerprint density at radius 3 is 2.70 bits per heavy atom.